The van der Waals surface area contributed by atoms with Crippen molar-refractivity contribution >= 4 is 23.5 Å². The fourth-order valence-electron chi connectivity index (χ4n) is 2.15. The molecule has 2 aromatic carbocycles. The van der Waals surface area contributed by atoms with Crippen LogP contribution in [0.4, 0.5) is 5.69 Å². The van der Waals surface area contributed by atoms with Gasteiger partial charge in [-0.15, -0.1) is 0 Å². The molecule has 3 nitrogen and oxygen atoms in total. The van der Waals surface area contributed by atoms with Gasteiger partial charge in [0.15, 0.2) is 5.78 Å². The first kappa shape index (κ1) is 15.7. The smallest absolute Gasteiger partial charge is 0.221 e. The van der Waals surface area contributed by atoms with Gasteiger partial charge in [-0.2, -0.15) is 0 Å². The molecule has 0 aliphatic heterocycles. The second-order valence-corrected chi connectivity index (χ2v) is 5.32. The topological polar surface area (TPSA) is 46.2 Å². The van der Waals surface area contributed by atoms with E-state index < -0.39 is 0 Å². The molecular formula is C19H19NO2. The lowest BCUT2D eigenvalue weighted by atomic mass is 10.0. The Morgan fingerprint density at radius 1 is 1.05 bits per heavy atom. The minimum atomic E-state index is -0.157. The van der Waals surface area contributed by atoms with Crippen LogP contribution in [0.5, 0.6) is 0 Å². The maximum Gasteiger partial charge on any atom is 0.221 e. The van der Waals surface area contributed by atoms with Crippen molar-refractivity contribution < 1.29 is 9.59 Å². The number of allylic oxidation sites excluding steroid dienone is 1. The van der Waals surface area contributed by atoms with Gasteiger partial charge in [-0.1, -0.05) is 42.0 Å². The molecule has 0 radical (unpaired) electrons. The first-order valence-electron chi connectivity index (χ1n) is 7.13. The Labute approximate surface area is 130 Å². The molecule has 2 rings (SSSR count). The molecule has 112 valence electrons. The number of carbonyl (C=O) groups excluding carboxylic acids is 2. The van der Waals surface area contributed by atoms with Crippen molar-refractivity contribution in [1.29, 1.82) is 0 Å². The van der Waals surface area contributed by atoms with E-state index in [0.717, 1.165) is 16.7 Å². The van der Waals surface area contributed by atoms with E-state index in [1.54, 1.807) is 30.3 Å². The quantitative estimate of drug-likeness (QED) is 0.679. The van der Waals surface area contributed by atoms with Crippen molar-refractivity contribution in [3.8, 4) is 0 Å². The predicted molar refractivity (Wildman–Crippen MR) is 90.0 cm³/mol. The van der Waals surface area contributed by atoms with Crippen LogP contribution >= 0.6 is 0 Å². The molecule has 22 heavy (non-hydrogen) atoms. The predicted octanol–water partition coefficient (Wildman–Crippen LogP) is 4.16. The summed E-state index contributed by atoms with van der Waals surface area (Å²) in [4.78, 5) is 23.3. The van der Waals surface area contributed by atoms with Gasteiger partial charge in [0.2, 0.25) is 5.91 Å². The first-order chi connectivity index (χ1) is 10.5. The number of benzene rings is 2. The molecular weight excluding hydrogens is 274 g/mol. The zero-order valence-corrected chi connectivity index (χ0v) is 13.0. The highest BCUT2D eigenvalue weighted by atomic mass is 16.1. The number of nitrogens with one attached hydrogen (secondary N) is 1. The van der Waals surface area contributed by atoms with E-state index >= 15 is 0 Å². The highest BCUT2D eigenvalue weighted by Crippen LogP contribution is 2.15. The summed E-state index contributed by atoms with van der Waals surface area (Å²) in [5, 5.41) is 2.68. The number of rotatable bonds is 4. The molecule has 0 fully saturated rings. The first-order valence-corrected chi connectivity index (χ1v) is 7.13. The number of anilines is 1. The van der Waals surface area contributed by atoms with Crippen LogP contribution in [0.25, 0.3) is 6.08 Å². The average Bonchev–Trinajstić information content (AvgIpc) is 2.47. The third-order valence-electron chi connectivity index (χ3n) is 3.32. The Balaban J connectivity index is 2.20. The molecule has 2 aromatic rings. The van der Waals surface area contributed by atoms with Gasteiger partial charge in [-0.3, -0.25) is 9.59 Å². The summed E-state index contributed by atoms with van der Waals surface area (Å²) in [5.41, 5.74) is 4.49. The third-order valence-corrected chi connectivity index (χ3v) is 3.32. The van der Waals surface area contributed by atoms with Gasteiger partial charge in [-0.25, -0.2) is 0 Å². The largest absolute Gasteiger partial charge is 0.326 e. The number of carbonyl (C=O) groups is 2. The molecule has 3 heteroatoms. The van der Waals surface area contributed by atoms with Crippen molar-refractivity contribution in [1.82, 2.24) is 0 Å². The second kappa shape index (κ2) is 6.85. The van der Waals surface area contributed by atoms with Crippen LogP contribution < -0.4 is 5.32 Å². The fraction of sp³-hybridized carbons (Fsp3) is 0.158. The highest BCUT2D eigenvalue weighted by molar-refractivity contribution is 6.07. The summed E-state index contributed by atoms with van der Waals surface area (Å²) in [6, 6.07) is 13.1. The van der Waals surface area contributed by atoms with Gasteiger partial charge in [0, 0.05) is 18.2 Å². The van der Waals surface area contributed by atoms with Crippen molar-refractivity contribution in [2.24, 2.45) is 0 Å². The molecule has 0 heterocycles. The standard InChI is InChI=1S/C19H19NO2/c1-13-7-8-14(2)16(11-13)9-10-19(22)17-5-4-6-18(12-17)20-15(3)21/h4-12H,1-3H3,(H,20,21)/b10-9+. The maximum atomic E-state index is 12.3. The van der Waals surface area contributed by atoms with E-state index in [2.05, 4.69) is 5.32 Å². The van der Waals surface area contributed by atoms with Crippen molar-refractivity contribution in [2.45, 2.75) is 20.8 Å². The molecule has 0 unspecified atom stereocenters. The van der Waals surface area contributed by atoms with Crippen LogP contribution in [-0.2, 0) is 4.79 Å². The van der Waals surface area contributed by atoms with Gasteiger partial charge < -0.3 is 5.32 Å². The summed E-state index contributed by atoms with van der Waals surface area (Å²) >= 11 is 0. The normalized spacial score (nSPS) is 10.7. The maximum absolute atomic E-state index is 12.3. The van der Waals surface area contributed by atoms with Crippen LogP contribution in [0.2, 0.25) is 0 Å². The Kier molecular flexibility index (Phi) is 4.89. The highest BCUT2D eigenvalue weighted by Gasteiger charge is 2.04. The van der Waals surface area contributed by atoms with Crippen LogP contribution in [-0.4, -0.2) is 11.7 Å². The molecule has 0 saturated carbocycles. The van der Waals surface area contributed by atoms with E-state index in [-0.39, 0.29) is 11.7 Å². The third kappa shape index (κ3) is 4.16. The van der Waals surface area contributed by atoms with E-state index in [0.29, 0.717) is 11.3 Å². The lowest BCUT2D eigenvalue weighted by Gasteiger charge is -2.04. The van der Waals surface area contributed by atoms with Gasteiger partial charge in [0.1, 0.15) is 0 Å². The fourth-order valence-corrected chi connectivity index (χ4v) is 2.15. The van der Waals surface area contributed by atoms with Gasteiger partial charge in [0.25, 0.3) is 0 Å². The molecule has 0 aliphatic carbocycles. The second-order valence-electron chi connectivity index (χ2n) is 5.32. The van der Waals surface area contributed by atoms with Crippen molar-refractivity contribution in [3.05, 3.63) is 70.8 Å². The number of ketones is 1. The number of aryl methyl sites for hydroxylation is 2. The van der Waals surface area contributed by atoms with Gasteiger partial charge >= 0.3 is 0 Å². The van der Waals surface area contributed by atoms with Crippen LogP contribution in [0.3, 0.4) is 0 Å². The van der Waals surface area contributed by atoms with Gasteiger partial charge in [-0.05, 0) is 43.2 Å². The lowest BCUT2D eigenvalue weighted by molar-refractivity contribution is -0.114. The van der Waals surface area contributed by atoms with E-state index in [4.69, 9.17) is 0 Å². The van der Waals surface area contributed by atoms with E-state index in [9.17, 15) is 9.59 Å². The molecule has 0 spiro atoms. The summed E-state index contributed by atoms with van der Waals surface area (Å²) in [7, 11) is 0. The zero-order chi connectivity index (χ0) is 16.1. The molecule has 0 aliphatic rings. The van der Waals surface area contributed by atoms with E-state index in [1.165, 1.54) is 6.92 Å². The summed E-state index contributed by atoms with van der Waals surface area (Å²) < 4.78 is 0. The van der Waals surface area contributed by atoms with Crippen molar-refractivity contribution in [2.75, 3.05) is 5.32 Å². The van der Waals surface area contributed by atoms with Crippen LogP contribution in [0.15, 0.2) is 48.5 Å². The number of hydrogen-bond acceptors (Lipinski definition) is 2. The molecule has 0 atom stereocenters. The zero-order valence-electron chi connectivity index (χ0n) is 13.0. The average molecular weight is 293 g/mol. The minimum absolute atomic E-state index is 0.0897. The molecule has 1 amide bonds. The van der Waals surface area contributed by atoms with E-state index in [1.807, 2.05) is 38.1 Å². The molecule has 0 aromatic heterocycles. The number of hydrogen-bond donors (Lipinski definition) is 1. The summed E-state index contributed by atoms with van der Waals surface area (Å²) in [6.07, 6.45) is 3.39. The Morgan fingerprint density at radius 2 is 1.82 bits per heavy atom. The monoisotopic (exact) mass is 293 g/mol. The Hall–Kier alpha value is -2.68. The van der Waals surface area contributed by atoms with Crippen molar-refractivity contribution in [3.63, 3.8) is 0 Å². The molecule has 0 saturated heterocycles. The Morgan fingerprint density at radius 3 is 2.55 bits per heavy atom. The van der Waals surface area contributed by atoms with Gasteiger partial charge in [0.05, 0.1) is 0 Å². The van der Waals surface area contributed by atoms with Crippen LogP contribution in [0, 0.1) is 13.8 Å². The minimum Gasteiger partial charge on any atom is -0.326 e. The number of amides is 1. The molecule has 0 bridgehead atoms. The van der Waals surface area contributed by atoms with Crippen LogP contribution in [0.1, 0.15) is 34.0 Å². The lowest BCUT2D eigenvalue weighted by Crippen LogP contribution is -2.06. The Bertz CT molecular complexity index is 745. The molecule has 1 N–H and O–H groups in total. The SMILES string of the molecule is CC(=O)Nc1cccc(C(=O)/C=C/c2cc(C)ccc2C)c1. The summed E-state index contributed by atoms with van der Waals surface area (Å²) in [6.45, 7) is 5.48. The summed E-state index contributed by atoms with van der Waals surface area (Å²) in [5.74, 6) is -0.247.